The zero-order chi connectivity index (χ0) is 38.3. The molecule has 0 aromatic heterocycles. The van der Waals surface area contributed by atoms with E-state index in [0.717, 1.165) is 44.2 Å². The second-order valence-electron chi connectivity index (χ2n) is 18.3. The Labute approximate surface area is 330 Å². The lowest BCUT2D eigenvalue weighted by molar-refractivity contribution is -0.398. The largest absolute Gasteiger partial charge is 0.511 e. The van der Waals surface area contributed by atoms with Gasteiger partial charge in [0.15, 0.2) is 12.1 Å². The topological polar surface area (TPSA) is 198 Å². The lowest BCUT2D eigenvalue weighted by atomic mass is 9.52. The van der Waals surface area contributed by atoms with E-state index in [1.54, 1.807) is 16.9 Å². The quantitative estimate of drug-likeness (QED) is 0.153. The van der Waals surface area contributed by atoms with Crippen LogP contribution in [-0.2, 0) is 19.1 Å². The summed E-state index contributed by atoms with van der Waals surface area (Å²) < 4.78 is 12.9. The van der Waals surface area contributed by atoms with Crippen molar-refractivity contribution in [2.45, 2.75) is 124 Å². The molecular formula is C41H58N2O10S2. The van der Waals surface area contributed by atoms with Crippen LogP contribution in [0.2, 0.25) is 0 Å². The summed E-state index contributed by atoms with van der Waals surface area (Å²) in [6.07, 6.45) is 10.5. The van der Waals surface area contributed by atoms with Crippen LogP contribution in [0.5, 0.6) is 0 Å². The molecule has 55 heavy (non-hydrogen) atoms. The van der Waals surface area contributed by atoms with E-state index in [1.807, 2.05) is 6.08 Å². The first-order valence-electron chi connectivity index (χ1n) is 20.8. The van der Waals surface area contributed by atoms with Gasteiger partial charge in [-0.1, -0.05) is 59.1 Å². The number of hydrogen-bond donors (Lipinski definition) is 8. The van der Waals surface area contributed by atoms with Crippen LogP contribution < -0.4 is 10.6 Å². The Balaban J connectivity index is 1.10. The highest BCUT2D eigenvalue weighted by atomic mass is 33.1. The van der Waals surface area contributed by atoms with Crippen molar-refractivity contribution >= 4 is 33.2 Å². The number of allylic oxidation sites excluding steroid dienone is 4. The standard InChI is InChI=1S/C41H58N2O10S2/c44-18-22-4-1-3-21(13-22)14-23-15-28-33(47)27-5-2-6-29-32(27)34(48)40(28,30(46)16-23)20-54-55-31-8-7-26-24(10-12-42-36(26)43-31)17-25-9-11-39(19-45)38(50)41(25,51)35(49)37(52-29)53-39/h7-8,15-16,21-22,24-29,31-32,35-38,42-46,49-51H,1-6,9-14,17-20H2/t21?,22?,24?,25-,26?,27?,28-,29?,31-,32?,35-,36?,37+,38+,39-,40-,41+/m0/s1. The van der Waals surface area contributed by atoms with Gasteiger partial charge in [-0.3, -0.25) is 14.9 Å². The molecule has 5 aliphatic carbocycles. The van der Waals surface area contributed by atoms with E-state index in [-0.39, 0.29) is 65.4 Å². The van der Waals surface area contributed by atoms with Crippen molar-refractivity contribution < 1.29 is 49.7 Å². The van der Waals surface area contributed by atoms with Gasteiger partial charge >= 0.3 is 0 Å². The first-order chi connectivity index (χ1) is 26.5. The Hall–Kier alpha value is -1.30. The van der Waals surface area contributed by atoms with Crippen LogP contribution in [0.25, 0.3) is 0 Å². The maximum absolute atomic E-state index is 15.4. The number of piperidine rings is 1. The summed E-state index contributed by atoms with van der Waals surface area (Å²) in [7, 11) is 3.06. The van der Waals surface area contributed by atoms with Gasteiger partial charge in [-0.05, 0) is 99.7 Å². The maximum Gasteiger partial charge on any atom is 0.187 e. The SMILES string of the molecule is O=C1C2CCCC3O[C@@H]4O[C@]5(CO)CC[C@@H](CC6CCNC7N[C@H](C=CC67)SSC[C@@]6(C(=O)C32)C(O)=CC(CC2CCCC(CO)C2)=C[C@@H]16)[C@](O)([C@@H]5O)[C@H]4O. The molecule has 3 saturated heterocycles. The maximum atomic E-state index is 15.4. The summed E-state index contributed by atoms with van der Waals surface area (Å²) in [5.41, 5.74) is -4.29. The molecule has 10 aliphatic rings. The van der Waals surface area contributed by atoms with E-state index < -0.39 is 71.5 Å². The van der Waals surface area contributed by atoms with Crippen LogP contribution in [0.3, 0.4) is 0 Å². The number of carbonyl (C=O) groups excluding carboxylic acids is 2. The molecule has 0 aromatic rings. The second kappa shape index (κ2) is 15.1. The van der Waals surface area contributed by atoms with E-state index in [9.17, 15) is 35.4 Å². The molecular weight excluding hydrogens is 745 g/mol. The molecule has 0 aromatic carbocycles. The van der Waals surface area contributed by atoms with Crippen LogP contribution in [0.15, 0.2) is 35.6 Å². The fraction of sp³-hybridized carbons (Fsp3) is 0.805. The molecule has 12 nitrogen and oxygen atoms in total. The minimum atomic E-state index is -2.05. The summed E-state index contributed by atoms with van der Waals surface area (Å²) in [6.45, 7) is 0.317. The molecule has 304 valence electrons. The van der Waals surface area contributed by atoms with Crippen LogP contribution in [-0.4, -0.2) is 115 Å². The highest BCUT2D eigenvalue weighted by Gasteiger charge is 2.69. The van der Waals surface area contributed by atoms with Crippen LogP contribution in [0.4, 0.5) is 0 Å². The number of ether oxygens (including phenoxy) is 2. The number of rotatable bonds is 4. The second-order valence-corrected chi connectivity index (χ2v) is 20.8. The molecule has 9 bridgehead atoms. The molecule has 5 aliphatic heterocycles. The summed E-state index contributed by atoms with van der Waals surface area (Å²) >= 11 is 0. The first-order valence-corrected chi connectivity index (χ1v) is 23.2. The fourth-order valence-corrected chi connectivity index (χ4v) is 15.3. The van der Waals surface area contributed by atoms with Crippen LogP contribution >= 0.6 is 21.6 Å². The van der Waals surface area contributed by atoms with Gasteiger partial charge in [0.05, 0.1) is 36.1 Å². The van der Waals surface area contributed by atoms with Crippen LogP contribution in [0, 0.1) is 52.8 Å². The van der Waals surface area contributed by atoms with E-state index in [4.69, 9.17) is 9.47 Å². The summed E-state index contributed by atoms with van der Waals surface area (Å²) in [4.78, 5) is 30.2. The monoisotopic (exact) mass is 802 g/mol. The number of hydrogen-bond acceptors (Lipinski definition) is 14. The van der Waals surface area contributed by atoms with Crippen molar-refractivity contribution in [3.05, 3.63) is 35.6 Å². The molecule has 4 saturated carbocycles. The molecule has 5 heterocycles. The summed E-state index contributed by atoms with van der Waals surface area (Å²) in [5, 5.41) is 76.3. The average molecular weight is 803 g/mol. The van der Waals surface area contributed by atoms with Gasteiger partial charge in [0.2, 0.25) is 0 Å². The smallest absolute Gasteiger partial charge is 0.187 e. The van der Waals surface area contributed by atoms with E-state index in [2.05, 4.69) is 22.8 Å². The Morgan fingerprint density at radius 3 is 2.62 bits per heavy atom. The number of Topliss-reactive ketones (excluding diaryl/α,β-unsaturated/α-hetero) is 2. The average Bonchev–Trinajstić information content (AvgIpc) is 3.19. The molecule has 10 rings (SSSR count). The lowest BCUT2D eigenvalue weighted by Gasteiger charge is -2.61. The Morgan fingerprint density at radius 1 is 0.982 bits per heavy atom. The molecule has 17 atom stereocenters. The van der Waals surface area contributed by atoms with Gasteiger partial charge in [0, 0.05) is 24.2 Å². The van der Waals surface area contributed by atoms with Crippen molar-refractivity contribution in [1.29, 1.82) is 0 Å². The van der Waals surface area contributed by atoms with Crippen molar-refractivity contribution in [3.63, 3.8) is 0 Å². The zero-order valence-corrected chi connectivity index (χ0v) is 33.0. The Morgan fingerprint density at radius 2 is 1.80 bits per heavy atom. The molecule has 14 heteroatoms. The van der Waals surface area contributed by atoms with Crippen molar-refractivity contribution in [1.82, 2.24) is 10.6 Å². The number of aliphatic hydroxyl groups excluding tert-OH is 5. The first kappa shape index (κ1) is 39.2. The van der Waals surface area contributed by atoms with Crippen LogP contribution in [0.1, 0.15) is 77.0 Å². The third kappa shape index (κ3) is 6.29. The third-order valence-corrected chi connectivity index (χ3v) is 18.1. The van der Waals surface area contributed by atoms with Gasteiger partial charge in [0.25, 0.3) is 0 Å². The minimum Gasteiger partial charge on any atom is -0.511 e. The van der Waals surface area contributed by atoms with Gasteiger partial charge in [0.1, 0.15) is 40.4 Å². The molecule has 8 N–H and O–H groups in total. The van der Waals surface area contributed by atoms with E-state index >= 15 is 4.79 Å². The zero-order valence-electron chi connectivity index (χ0n) is 31.3. The molecule has 0 radical (unpaired) electrons. The predicted octanol–water partition coefficient (Wildman–Crippen LogP) is 2.89. The summed E-state index contributed by atoms with van der Waals surface area (Å²) in [6, 6.07) is 0. The number of aliphatic hydroxyl groups is 6. The van der Waals surface area contributed by atoms with Gasteiger partial charge in [-0.25, -0.2) is 0 Å². The molecule has 7 fully saturated rings. The lowest BCUT2D eigenvalue weighted by Crippen LogP contribution is -2.78. The van der Waals surface area contributed by atoms with Crippen molar-refractivity contribution in [2.24, 2.45) is 52.8 Å². The minimum absolute atomic E-state index is 0.0534. The highest BCUT2D eigenvalue weighted by Crippen LogP contribution is 2.58. The summed E-state index contributed by atoms with van der Waals surface area (Å²) in [5.74, 6) is -2.41. The molecule has 8 unspecified atom stereocenters. The molecule has 1 spiro atoms. The Kier molecular flexibility index (Phi) is 10.7. The van der Waals surface area contributed by atoms with Gasteiger partial charge in [-0.15, -0.1) is 0 Å². The van der Waals surface area contributed by atoms with Crippen molar-refractivity contribution in [3.8, 4) is 0 Å². The Bertz CT molecular complexity index is 1610. The van der Waals surface area contributed by atoms with Gasteiger partial charge < -0.3 is 45.4 Å². The predicted molar refractivity (Wildman–Crippen MR) is 206 cm³/mol. The van der Waals surface area contributed by atoms with E-state index in [0.29, 0.717) is 44.4 Å². The number of ketones is 2. The third-order valence-electron chi connectivity index (χ3n) is 15.5. The fourth-order valence-electron chi connectivity index (χ4n) is 12.5. The normalized spacial score (nSPS) is 51.1. The number of fused-ring (bicyclic) bond motifs is 3. The van der Waals surface area contributed by atoms with Gasteiger partial charge in [-0.2, -0.15) is 0 Å². The number of nitrogens with one attached hydrogen (secondary N) is 2. The number of carbonyl (C=O) groups is 2. The van der Waals surface area contributed by atoms with E-state index in [1.165, 1.54) is 10.8 Å². The molecule has 0 amide bonds. The van der Waals surface area contributed by atoms with Crippen molar-refractivity contribution in [2.75, 3.05) is 25.5 Å². The highest BCUT2D eigenvalue weighted by molar-refractivity contribution is 8.77.